The topological polar surface area (TPSA) is 44.2 Å². The van der Waals surface area contributed by atoms with Crippen LogP contribution in [0.1, 0.15) is 22.6 Å². The normalized spacial score (nSPS) is 9.60. The van der Waals surface area contributed by atoms with Crippen LogP contribution in [-0.2, 0) is 0 Å². The van der Waals surface area contributed by atoms with E-state index in [0.717, 1.165) is 22.6 Å². The van der Waals surface area contributed by atoms with E-state index < -0.39 is 0 Å². The first-order valence-electron chi connectivity index (χ1n) is 6.18. The number of hydrogen-bond acceptors (Lipinski definition) is 4. The van der Waals surface area contributed by atoms with E-state index >= 15 is 0 Å². The summed E-state index contributed by atoms with van der Waals surface area (Å²) in [6, 6.07) is 5.57. The molecule has 0 aliphatic rings. The van der Waals surface area contributed by atoms with Crippen LogP contribution in [0.2, 0.25) is 0 Å². The molecule has 0 saturated heterocycles. The first-order valence-corrected chi connectivity index (χ1v) is 6.18. The molecule has 2 aromatic rings. The van der Waals surface area contributed by atoms with E-state index in [1.54, 1.807) is 20.4 Å². The van der Waals surface area contributed by atoms with Gasteiger partial charge in [-0.3, -0.25) is 0 Å². The number of nitrogens with zero attached hydrogens (tertiary/aromatic N) is 2. The van der Waals surface area contributed by atoms with Crippen molar-refractivity contribution < 1.29 is 9.47 Å². The predicted molar refractivity (Wildman–Crippen MR) is 77.0 cm³/mol. The third-order valence-electron chi connectivity index (χ3n) is 2.82. The average Bonchev–Trinajstić information content (AvgIpc) is 2.46. The maximum atomic E-state index is 5.25. The Morgan fingerprint density at radius 2 is 1.75 bits per heavy atom. The molecule has 102 valence electrons. The lowest BCUT2D eigenvalue weighted by Gasteiger charge is -2.06. The van der Waals surface area contributed by atoms with E-state index in [0.29, 0.717) is 11.5 Å². The van der Waals surface area contributed by atoms with Gasteiger partial charge in [0.2, 0.25) is 0 Å². The van der Waals surface area contributed by atoms with E-state index in [1.165, 1.54) is 0 Å². The van der Waals surface area contributed by atoms with Crippen LogP contribution in [0.4, 0.5) is 0 Å². The van der Waals surface area contributed by atoms with E-state index in [9.17, 15) is 0 Å². The molecule has 4 nitrogen and oxygen atoms in total. The molecule has 0 aliphatic heterocycles. The second kappa shape index (κ2) is 6.07. The van der Waals surface area contributed by atoms with Crippen LogP contribution in [0.15, 0.2) is 24.4 Å². The summed E-state index contributed by atoms with van der Waals surface area (Å²) in [6.45, 7) is 3.78. The molecule has 0 saturated carbocycles. The van der Waals surface area contributed by atoms with Gasteiger partial charge in [-0.1, -0.05) is 11.8 Å². The van der Waals surface area contributed by atoms with Crippen LogP contribution in [0, 0.1) is 25.7 Å². The van der Waals surface area contributed by atoms with Crippen molar-refractivity contribution in [1.29, 1.82) is 0 Å². The highest BCUT2D eigenvalue weighted by atomic mass is 16.5. The molecule has 0 radical (unpaired) electrons. The standard InChI is InChI=1S/C16H16N2O2/c1-11-14(10-17-12(2)18-11)7-5-13-6-8-15(19-3)16(9-13)20-4/h6,8-10H,1-4H3. The number of rotatable bonds is 2. The fourth-order valence-corrected chi connectivity index (χ4v) is 1.76. The first-order chi connectivity index (χ1) is 9.63. The fraction of sp³-hybridized carbons (Fsp3) is 0.250. The third-order valence-corrected chi connectivity index (χ3v) is 2.82. The lowest BCUT2D eigenvalue weighted by Crippen LogP contribution is -1.94. The average molecular weight is 268 g/mol. The van der Waals surface area contributed by atoms with Gasteiger partial charge in [0.05, 0.1) is 25.5 Å². The van der Waals surface area contributed by atoms with Crippen molar-refractivity contribution in [2.24, 2.45) is 0 Å². The highest BCUT2D eigenvalue weighted by molar-refractivity contribution is 5.50. The number of aryl methyl sites for hydroxylation is 2. The second-order valence-electron chi connectivity index (χ2n) is 4.24. The van der Waals surface area contributed by atoms with Crippen molar-refractivity contribution in [3.05, 3.63) is 47.0 Å². The highest BCUT2D eigenvalue weighted by Crippen LogP contribution is 2.27. The van der Waals surface area contributed by atoms with E-state index in [4.69, 9.17) is 9.47 Å². The Labute approximate surface area is 118 Å². The molecule has 1 heterocycles. The molecule has 0 fully saturated rings. The van der Waals surface area contributed by atoms with Crippen LogP contribution in [0.3, 0.4) is 0 Å². The third kappa shape index (κ3) is 3.07. The lowest BCUT2D eigenvalue weighted by atomic mass is 10.1. The monoisotopic (exact) mass is 268 g/mol. The number of methoxy groups -OCH3 is 2. The summed E-state index contributed by atoms with van der Waals surface area (Å²) in [7, 11) is 3.21. The fourth-order valence-electron chi connectivity index (χ4n) is 1.76. The minimum absolute atomic E-state index is 0.663. The van der Waals surface area contributed by atoms with Gasteiger partial charge in [0.25, 0.3) is 0 Å². The zero-order valence-electron chi connectivity index (χ0n) is 12.0. The minimum atomic E-state index is 0.663. The van der Waals surface area contributed by atoms with Gasteiger partial charge >= 0.3 is 0 Å². The van der Waals surface area contributed by atoms with Gasteiger partial charge in [-0.2, -0.15) is 0 Å². The van der Waals surface area contributed by atoms with Gasteiger partial charge in [0, 0.05) is 11.8 Å². The summed E-state index contributed by atoms with van der Waals surface area (Å²) in [5.74, 6) is 8.26. The van der Waals surface area contributed by atoms with Gasteiger partial charge in [-0.05, 0) is 32.0 Å². The molecule has 0 spiro atoms. The molecule has 0 atom stereocenters. The zero-order valence-corrected chi connectivity index (χ0v) is 12.0. The first kappa shape index (κ1) is 13.9. The zero-order chi connectivity index (χ0) is 14.5. The Kier molecular flexibility index (Phi) is 4.21. The van der Waals surface area contributed by atoms with Crippen LogP contribution >= 0.6 is 0 Å². The lowest BCUT2D eigenvalue weighted by molar-refractivity contribution is 0.355. The van der Waals surface area contributed by atoms with Gasteiger partial charge in [0.15, 0.2) is 11.5 Å². The van der Waals surface area contributed by atoms with Crippen molar-refractivity contribution >= 4 is 0 Å². The van der Waals surface area contributed by atoms with Gasteiger partial charge < -0.3 is 9.47 Å². The van der Waals surface area contributed by atoms with E-state index in [2.05, 4.69) is 21.8 Å². The van der Waals surface area contributed by atoms with Crippen molar-refractivity contribution in [1.82, 2.24) is 9.97 Å². The van der Waals surface area contributed by atoms with Crippen LogP contribution in [-0.4, -0.2) is 24.2 Å². The summed E-state index contributed by atoms with van der Waals surface area (Å²) < 4.78 is 10.4. The van der Waals surface area contributed by atoms with Gasteiger partial charge in [-0.25, -0.2) is 9.97 Å². The van der Waals surface area contributed by atoms with Gasteiger partial charge in [0.1, 0.15) is 5.82 Å². The minimum Gasteiger partial charge on any atom is -0.493 e. The molecule has 0 N–H and O–H groups in total. The number of ether oxygens (including phenoxy) is 2. The van der Waals surface area contributed by atoms with E-state index in [-0.39, 0.29) is 0 Å². The van der Waals surface area contributed by atoms with Crippen LogP contribution < -0.4 is 9.47 Å². The summed E-state index contributed by atoms with van der Waals surface area (Å²) >= 11 is 0. The molecule has 2 rings (SSSR count). The summed E-state index contributed by atoms with van der Waals surface area (Å²) in [5, 5.41) is 0. The van der Waals surface area contributed by atoms with Crippen molar-refractivity contribution in [3.63, 3.8) is 0 Å². The Morgan fingerprint density at radius 3 is 2.40 bits per heavy atom. The van der Waals surface area contributed by atoms with Gasteiger partial charge in [-0.15, -0.1) is 0 Å². The Morgan fingerprint density at radius 1 is 1.00 bits per heavy atom. The van der Waals surface area contributed by atoms with Crippen LogP contribution in [0.5, 0.6) is 11.5 Å². The second-order valence-corrected chi connectivity index (χ2v) is 4.24. The maximum absolute atomic E-state index is 5.25. The van der Waals surface area contributed by atoms with Crippen molar-refractivity contribution in [2.75, 3.05) is 14.2 Å². The molecule has 0 amide bonds. The predicted octanol–water partition coefficient (Wildman–Crippen LogP) is 2.51. The number of benzene rings is 1. The Hall–Kier alpha value is -2.54. The molecule has 20 heavy (non-hydrogen) atoms. The molecule has 1 aromatic carbocycles. The number of aromatic nitrogens is 2. The molecule has 1 aromatic heterocycles. The molecule has 0 aliphatic carbocycles. The molecular weight excluding hydrogens is 252 g/mol. The maximum Gasteiger partial charge on any atom is 0.161 e. The van der Waals surface area contributed by atoms with Crippen LogP contribution in [0.25, 0.3) is 0 Å². The highest BCUT2D eigenvalue weighted by Gasteiger charge is 2.03. The molecular formula is C16H16N2O2. The Bertz CT molecular complexity index is 685. The van der Waals surface area contributed by atoms with Crippen molar-refractivity contribution in [2.45, 2.75) is 13.8 Å². The molecule has 4 heteroatoms. The number of hydrogen-bond donors (Lipinski definition) is 0. The van der Waals surface area contributed by atoms with Crippen molar-refractivity contribution in [3.8, 4) is 23.3 Å². The molecule has 0 bridgehead atoms. The summed E-state index contributed by atoms with van der Waals surface area (Å²) in [6.07, 6.45) is 1.74. The largest absolute Gasteiger partial charge is 0.493 e. The Balaban J connectivity index is 2.33. The molecule has 0 unspecified atom stereocenters. The SMILES string of the molecule is COc1ccc(C#Cc2cnc(C)nc2C)cc1OC. The smallest absolute Gasteiger partial charge is 0.161 e. The quantitative estimate of drug-likeness (QED) is 0.785. The summed E-state index contributed by atoms with van der Waals surface area (Å²) in [4.78, 5) is 8.44. The summed E-state index contributed by atoms with van der Waals surface area (Å²) in [5.41, 5.74) is 2.55. The van der Waals surface area contributed by atoms with E-state index in [1.807, 2.05) is 32.0 Å².